The quantitative estimate of drug-likeness (QED) is 0.0977. The number of benzene rings is 1. The number of para-hydroxylation sites is 1. The van der Waals surface area contributed by atoms with Crippen LogP contribution < -0.4 is 15.3 Å². The number of aromatic nitrogens is 3. The van der Waals surface area contributed by atoms with E-state index in [1.807, 2.05) is 13.0 Å². The summed E-state index contributed by atoms with van der Waals surface area (Å²) in [6, 6.07) is 11.8. The molecule has 16 nitrogen and oxygen atoms in total. The Morgan fingerprint density at radius 2 is 1.93 bits per heavy atom. The Labute approximate surface area is 253 Å². The number of nitrogens with one attached hydrogen (secondary N) is 1. The molecule has 2 aromatic heterocycles. The van der Waals surface area contributed by atoms with Gasteiger partial charge in [-0.2, -0.15) is 15.4 Å². The normalized spacial score (nSPS) is 23.6. The molecular formula is C27H35N6O10P. The molecule has 3 heterocycles. The van der Waals surface area contributed by atoms with Crippen molar-refractivity contribution >= 4 is 25.1 Å². The Hall–Kier alpha value is -3.65. The number of hydrogen-bond acceptors (Lipinski definition) is 14. The highest BCUT2D eigenvalue weighted by Crippen LogP contribution is 2.47. The smallest absolute Gasteiger partial charge is 0.459 e. The van der Waals surface area contributed by atoms with Crippen molar-refractivity contribution in [2.45, 2.75) is 43.8 Å². The summed E-state index contributed by atoms with van der Waals surface area (Å²) in [7, 11) is -4.36. The summed E-state index contributed by atoms with van der Waals surface area (Å²) in [5, 5.41) is 38.6. The van der Waals surface area contributed by atoms with E-state index in [9.17, 15) is 24.8 Å². The van der Waals surface area contributed by atoms with Crippen molar-refractivity contribution in [3.8, 4) is 11.8 Å². The van der Waals surface area contributed by atoms with E-state index >= 15 is 0 Å². The molecule has 5 N–H and O–H groups in total. The molecule has 0 radical (unpaired) electrons. The summed E-state index contributed by atoms with van der Waals surface area (Å²) in [6.07, 6.45) is -3.61. The van der Waals surface area contributed by atoms with Gasteiger partial charge in [0, 0.05) is 6.61 Å². The summed E-state index contributed by atoms with van der Waals surface area (Å²) in [5.41, 5.74) is 4.23. The van der Waals surface area contributed by atoms with Crippen LogP contribution in [0.15, 0.2) is 48.8 Å². The Kier molecular flexibility index (Phi) is 11.2. The van der Waals surface area contributed by atoms with Crippen molar-refractivity contribution in [1.82, 2.24) is 19.7 Å². The monoisotopic (exact) mass is 634 g/mol. The summed E-state index contributed by atoms with van der Waals surface area (Å²) in [4.78, 5) is 16.5. The molecule has 0 aliphatic carbocycles. The molecule has 3 aromatic rings. The number of fused-ring (bicyclic) bond motifs is 1. The molecule has 1 aromatic carbocycles. The van der Waals surface area contributed by atoms with Crippen LogP contribution in [-0.4, -0.2) is 94.8 Å². The van der Waals surface area contributed by atoms with Crippen molar-refractivity contribution in [2.24, 2.45) is 0 Å². The number of nitrogens with zero attached hydrogens (tertiary/aromatic N) is 4. The molecule has 1 aliphatic heterocycles. The van der Waals surface area contributed by atoms with Crippen LogP contribution in [0.3, 0.4) is 0 Å². The van der Waals surface area contributed by atoms with E-state index in [1.54, 1.807) is 18.2 Å². The zero-order chi connectivity index (χ0) is 31.7. The van der Waals surface area contributed by atoms with Crippen LogP contribution in [0.1, 0.15) is 19.5 Å². The molecule has 1 unspecified atom stereocenters. The van der Waals surface area contributed by atoms with Crippen molar-refractivity contribution in [2.75, 3.05) is 45.4 Å². The van der Waals surface area contributed by atoms with Crippen molar-refractivity contribution in [3.05, 3.63) is 54.5 Å². The van der Waals surface area contributed by atoms with E-state index in [1.165, 1.54) is 42.0 Å². The van der Waals surface area contributed by atoms with Crippen LogP contribution in [0.5, 0.6) is 5.75 Å². The van der Waals surface area contributed by atoms with E-state index in [0.717, 1.165) is 0 Å². The maximum absolute atomic E-state index is 13.9. The molecular weight excluding hydrogens is 599 g/mol. The lowest BCUT2D eigenvalue weighted by Crippen LogP contribution is -2.41. The molecule has 1 aliphatic rings. The Bertz CT molecular complexity index is 1490. The maximum atomic E-state index is 13.9. The first-order chi connectivity index (χ1) is 21.1. The van der Waals surface area contributed by atoms with Gasteiger partial charge in [0.05, 0.1) is 32.1 Å². The molecule has 238 valence electrons. The molecule has 6 atom stereocenters. The average Bonchev–Trinajstić information content (AvgIpc) is 3.56. The maximum Gasteiger partial charge on any atom is 0.459 e. The molecule has 1 fully saturated rings. The molecule has 1 saturated heterocycles. The lowest BCUT2D eigenvalue weighted by Gasteiger charge is -2.25. The number of aliphatic hydroxyl groups is 2. The largest absolute Gasteiger partial charge is 0.462 e. The van der Waals surface area contributed by atoms with Gasteiger partial charge >= 0.3 is 13.7 Å². The topological polar surface area (TPSA) is 222 Å². The fourth-order valence-corrected chi connectivity index (χ4v) is 5.91. The van der Waals surface area contributed by atoms with E-state index < -0.39 is 50.3 Å². The minimum Gasteiger partial charge on any atom is -0.462 e. The Morgan fingerprint density at radius 1 is 1.20 bits per heavy atom. The summed E-state index contributed by atoms with van der Waals surface area (Å²) in [6.45, 7) is 4.05. The second kappa shape index (κ2) is 14.9. The van der Waals surface area contributed by atoms with E-state index in [0.29, 0.717) is 25.3 Å². The standard InChI is InChI=1S/C27H35N6O10P/c1-3-38-11-12-39-13-14-40-26(36)18(2)32-44(37,43-19-7-5-4-6-8-19)41-15-21-23(34)24(35)27(16-28,42-21)22-10-9-20-25(29)30-17-31-33(20)22/h4-10,17-18,21,23-24,34-35H,3,11-15H2,1-2H3,(H,32,37)(H2,29,30,31)/t18-,21+,23+,24+,27-,44?/m0/s1. The number of hydrogen-bond donors (Lipinski definition) is 4. The van der Waals surface area contributed by atoms with Gasteiger partial charge in [-0.3, -0.25) is 9.32 Å². The molecule has 44 heavy (non-hydrogen) atoms. The van der Waals surface area contributed by atoms with Crippen LogP contribution in [0.25, 0.3) is 5.52 Å². The third kappa shape index (κ3) is 7.52. The number of nitriles is 1. The van der Waals surface area contributed by atoms with Gasteiger partial charge < -0.3 is 39.4 Å². The van der Waals surface area contributed by atoms with Crippen LogP contribution in [0.4, 0.5) is 5.82 Å². The number of nitrogens with two attached hydrogens (primary N) is 1. The fourth-order valence-electron chi connectivity index (χ4n) is 4.41. The average molecular weight is 635 g/mol. The molecule has 17 heteroatoms. The Balaban J connectivity index is 1.45. The predicted molar refractivity (Wildman–Crippen MR) is 153 cm³/mol. The zero-order valence-electron chi connectivity index (χ0n) is 24.1. The minimum absolute atomic E-state index is 0.0527. The number of aliphatic hydroxyl groups excluding tert-OH is 2. The van der Waals surface area contributed by atoms with Crippen molar-refractivity contribution in [3.63, 3.8) is 0 Å². The predicted octanol–water partition coefficient (Wildman–Crippen LogP) is 0.929. The molecule has 0 bridgehead atoms. The fraction of sp³-hybridized carbons (Fsp3) is 0.481. The number of rotatable bonds is 16. The van der Waals surface area contributed by atoms with E-state index in [2.05, 4.69) is 15.2 Å². The summed E-state index contributed by atoms with van der Waals surface area (Å²) < 4.78 is 48.0. The van der Waals surface area contributed by atoms with Crippen LogP contribution >= 0.6 is 7.75 Å². The third-order valence-electron chi connectivity index (χ3n) is 6.62. The van der Waals surface area contributed by atoms with Gasteiger partial charge in [-0.1, -0.05) is 18.2 Å². The van der Waals surface area contributed by atoms with Gasteiger partial charge in [0.15, 0.2) is 5.82 Å². The van der Waals surface area contributed by atoms with Crippen LogP contribution in [0.2, 0.25) is 0 Å². The van der Waals surface area contributed by atoms with Gasteiger partial charge in [0.1, 0.15) is 54.6 Å². The first kappa shape index (κ1) is 33.2. The second-order valence-corrected chi connectivity index (χ2v) is 11.3. The van der Waals surface area contributed by atoms with Crippen LogP contribution in [-0.2, 0) is 38.4 Å². The highest BCUT2D eigenvalue weighted by atomic mass is 31.2. The molecule has 0 saturated carbocycles. The number of nitrogen functional groups attached to an aromatic ring is 1. The minimum atomic E-state index is -4.36. The van der Waals surface area contributed by atoms with Gasteiger partial charge in [0.25, 0.3) is 0 Å². The SMILES string of the molecule is CCOCCOCCOC(=O)[C@H](C)NP(=O)(OC[C@H]1O[C@@](C#N)(c2ccc3c(N)ncnn23)[C@H](O)[C@@H]1O)Oc1ccccc1. The van der Waals surface area contributed by atoms with Gasteiger partial charge in [-0.25, -0.2) is 14.1 Å². The molecule has 4 rings (SSSR count). The van der Waals surface area contributed by atoms with E-state index in [4.69, 9.17) is 33.7 Å². The molecule has 0 amide bonds. The second-order valence-electron chi connectivity index (χ2n) is 9.63. The van der Waals surface area contributed by atoms with Gasteiger partial charge in [0.2, 0.25) is 5.60 Å². The lowest BCUT2D eigenvalue weighted by molar-refractivity contribution is -0.147. The zero-order valence-corrected chi connectivity index (χ0v) is 25.0. The number of carbonyl (C=O) groups is 1. The first-order valence-corrected chi connectivity index (χ1v) is 15.3. The Morgan fingerprint density at radius 3 is 2.66 bits per heavy atom. The highest BCUT2D eigenvalue weighted by molar-refractivity contribution is 7.52. The van der Waals surface area contributed by atoms with Gasteiger partial charge in [-0.05, 0) is 38.1 Å². The van der Waals surface area contributed by atoms with Crippen LogP contribution in [0, 0.1) is 11.3 Å². The molecule has 0 spiro atoms. The number of esters is 1. The summed E-state index contributed by atoms with van der Waals surface area (Å²) in [5.74, 6) is -0.474. The summed E-state index contributed by atoms with van der Waals surface area (Å²) >= 11 is 0. The lowest BCUT2D eigenvalue weighted by atomic mass is 9.92. The van der Waals surface area contributed by atoms with Gasteiger partial charge in [-0.15, -0.1) is 0 Å². The van der Waals surface area contributed by atoms with Crippen molar-refractivity contribution < 1.29 is 47.6 Å². The third-order valence-corrected chi connectivity index (χ3v) is 8.26. The van der Waals surface area contributed by atoms with E-state index in [-0.39, 0.29) is 30.5 Å². The highest BCUT2D eigenvalue weighted by Gasteiger charge is 2.58. The number of ether oxygens (including phenoxy) is 4. The first-order valence-electron chi connectivity index (χ1n) is 13.8. The number of anilines is 1. The van der Waals surface area contributed by atoms with Crippen molar-refractivity contribution in [1.29, 1.82) is 5.26 Å². The number of carbonyl (C=O) groups excluding carboxylic acids is 1.